The topological polar surface area (TPSA) is 58.7 Å². The molecule has 1 aromatic rings. The minimum Gasteiger partial charge on any atom is -0.592 e. The molecule has 4 nitrogen and oxygen atoms in total. The Morgan fingerprint density at radius 1 is 1.42 bits per heavy atom. The predicted octanol–water partition coefficient (Wildman–Crippen LogP) is -1.02. The Morgan fingerprint density at radius 3 is 2.50 bits per heavy atom. The quantitative estimate of drug-likeness (QED) is 0.257. The molecule has 0 aliphatic heterocycles. The second kappa shape index (κ2) is 5.13. The summed E-state index contributed by atoms with van der Waals surface area (Å²) in [5.74, 6) is 0. The molecule has 0 saturated heterocycles. The van der Waals surface area contributed by atoms with Crippen LogP contribution in [-0.4, -0.2) is 10.1 Å². The summed E-state index contributed by atoms with van der Waals surface area (Å²) in [5.41, 5.74) is 1.13. The summed E-state index contributed by atoms with van der Waals surface area (Å²) in [6.45, 7) is 1.77. The van der Waals surface area contributed by atoms with Gasteiger partial charge in [0.15, 0.2) is 0 Å². The van der Waals surface area contributed by atoms with Crippen molar-refractivity contribution in [1.29, 1.82) is 0 Å². The number of nitrogens with zero attached hydrogens (tertiary/aromatic N) is 2. The van der Waals surface area contributed by atoms with E-state index in [1.54, 1.807) is 25.1 Å². The third-order valence-corrected chi connectivity index (χ3v) is 1.40. The zero-order valence-electron chi connectivity index (χ0n) is 7.06. The second-order valence-electron chi connectivity index (χ2n) is 2.15. The molecule has 0 fully saturated rings. The molecule has 0 radical (unpaired) electrons. The van der Waals surface area contributed by atoms with Gasteiger partial charge in [0.1, 0.15) is 0 Å². The monoisotopic (exact) mass is 175 g/mol. The minimum absolute atomic E-state index is 0. The van der Waals surface area contributed by atoms with Gasteiger partial charge < -0.3 is 10.4 Å². The number of hydrogen-bond acceptors (Lipinski definition) is 2. The molecule has 0 amide bonds. The van der Waals surface area contributed by atoms with Crippen LogP contribution in [0.25, 0.3) is 0 Å². The summed E-state index contributed by atoms with van der Waals surface area (Å²) in [4.78, 5) is 0.176. The third-order valence-electron chi connectivity index (χ3n) is 1.40. The largest absolute Gasteiger partial charge is 1.00 e. The van der Waals surface area contributed by atoms with Crippen molar-refractivity contribution in [3.05, 3.63) is 35.0 Å². The van der Waals surface area contributed by atoms with E-state index < -0.39 is 0 Å². The van der Waals surface area contributed by atoms with Crippen LogP contribution in [0, 0.1) is 12.1 Å². The van der Waals surface area contributed by atoms with Gasteiger partial charge in [0.2, 0.25) is 5.28 Å². The van der Waals surface area contributed by atoms with Gasteiger partial charge in [0, 0.05) is 11.6 Å². The van der Waals surface area contributed by atoms with E-state index in [-0.39, 0.29) is 34.4 Å². The van der Waals surface area contributed by atoms with Crippen molar-refractivity contribution in [1.82, 2.24) is 0 Å². The van der Waals surface area contributed by atoms with Crippen LogP contribution in [0.1, 0.15) is 5.56 Å². The van der Waals surface area contributed by atoms with Crippen molar-refractivity contribution < 1.29 is 39.6 Å². The minimum atomic E-state index is 0. The summed E-state index contributed by atoms with van der Waals surface area (Å²) in [6, 6.07) is 6.87. The molecule has 58 valence electrons. The van der Waals surface area contributed by atoms with Crippen molar-refractivity contribution in [2.45, 2.75) is 6.92 Å². The first kappa shape index (κ1) is 11.4. The molecule has 0 heterocycles. The van der Waals surface area contributed by atoms with Gasteiger partial charge in [-0.15, -0.1) is 0 Å². The smallest absolute Gasteiger partial charge is 0.592 e. The molecule has 0 aromatic heterocycles. The molecule has 1 aromatic carbocycles. The Morgan fingerprint density at radius 2 is 2.00 bits per heavy atom. The first-order valence-corrected chi connectivity index (χ1v) is 3.13. The second-order valence-corrected chi connectivity index (χ2v) is 2.15. The molecule has 0 bridgehead atoms. The van der Waals surface area contributed by atoms with Crippen molar-refractivity contribution in [3.63, 3.8) is 0 Å². The molecule has 1 rings (SSSR count). The fourth-order valence-electron chi connectivity index (χ4n) is 0.826. The standard InChI is InChI=1S/C7H8N2O2.Na/c1-6-4-2-3-5-7(6)9(11)8-10;/h2-5,10H,1H3;/q;+1. The van der Waals surface area contributed by atoms with E-state index in [9.17, 15) is 5.21 Å². The van der Waals surface area contributed by atoms with Gasteiger partial charge in [0.25, 0.3) is 5.69 Å². The zero-order chi connectivity index (χ0) is 8.27. The molecule has 5 heteroatoms. The van der Waals surface area contributed by atoms with Crippen LogP contribution in [0.2, 0.25) is 0 Å². The Labute approximate surface area is 92.4 Å². The van der Waals surface area contributed by atoms with Crippen LogP contribution in [0.4, 0.5) is 5.69 Å². The third kappa shape index (κ3) is 2.48. The van der Waals surface area contributed by atoms with E-state index in [2.05, 4.69) is 5.28 Å². The molecule has 1 N–H and O–H groups in total. The molecule has 0 spiro atoms. The van der Waals surface area contributed by atoms with Gasteiger partial charge in [-0.2, -0.15) is 0 Å². The summed E-state index contributed by atoms with van der Waals surface area (Å²) in [7, 11) is 0. The van der Waals surface area contributed by atoms with Gasteiger partial charge in [-0.25, -0.2) is 0 Å². The van der Waals surface area contributed by atoms with Crippen LogP contribution < -0.4 is 29.6 Å². The van der Waals surface area contributed by atoms with E-state index in [1.807, 2.05) is 6.07 Å². The molecule has 0 aliphatic carbocycles. The predicted molar refractivity (Wildman–Crippen MR) is 38.7 cm³/mol. The van der Waals surface area contributed by atoms with Crippen LogP contribution in [0.3, 0.4) is 0 Å². The molecule has 12 heavy (non-hydrogen) atoms. The Hall–Kier alpha value is -0.580. The van der Waals surface area contributed by atoms with Crippen LogP contribution in [0.5, 0.6) is 0 Å². The summed E-state index contributed by atoms with van der Waals surface area (Å²) >= 11 is 0. The SMILES string of the molecule is Cc1ccccc1[N+]([O-])=NO.[Na+]. The van der Waals surface area contributed by atoms with E-state index in [0.717, 1.165) is 5.56 Å². The van der Waals surface area contributed by atoms with Gasteiger partial charge in [-0.3, -0.25) is 0 Å². The Balaban J connectivity index is 0.00000121. The summed E-state index contributed by atoms with van der Waals surface area (Å²) < 4.78 is 0. The molecule has 0 aliphatic rings. The number of rotatable bonds is 1. The normalized spacial score (nSPS) is 10.6. The summed E-state index contributed by atoms with van der Waals surface area (Å²) in [6.07, 6.45) is 0. The average Bonchev–Trinajstić information content (AvgIpc) is 2.04. The van der Waals surface area contributed by atoms with Crippen molar-refractivity contribution in [2.24, 2.45) is 5.28 Å². The van der Waals surface area contributed by atoms with Crippen LogP contribution >= 0.6 is 0 Å². The molecular weight excluding hydrogens is 167 g/mol. The van der Waals surface area contributed by atoms with E-state index in [0.29, 0.717) is 5.69 Å². The molecule has 0 saturated carbocycles. The molecule has 0 unspecified atom stereocenters. The van der Waals surface area contributed by atoms with Crippen molar-refractivity contribution in [2.75, 3.05) is 0 Å². The number of benzene rings is 1. The Kier molecular flexibility index (Phi) is 4.89. The fourth-order valence-corrected chi connectivity index (χ4v) is 0.826. The van der Waals surface area contributed by atoms with E-state index >= 15 is 0 Å². The van der Waals surface area contributed by atoms with Gasteiger partial charge in [0.05, 0.1) is 0 Å². The first-order valence-electron chi connectivity index (χ1n) is 3.13. The maximum Gasteiger partial charge on any atom is 1.00 e. The van der Waals surface area contributed by atoms with Gasteiger partial charge in [-0.05, 0) is 11.8 Å². The van der Waals surface area contributed by atoms with Crippen molar-refractivity contribution in [3.8, 4) is 0 Å². The zero-order valence-corrected chi connectivity index (χ0v) is 9.06. The van der Waals surface area contributed by atoms with Gasteiger partial charge in [-0.1, -0.05) is 18.2 Å². The molecule has 0 atom stereocenters. The maximum atomic E-state index is 10.7. The molecular formula is C7H8N2NaO2+. The van der Waals surface area contributed by atoms with Crippen LogP contribution in [-0.2, 0) is 0 Å². The summed E-state index contributed by atoms with van der Waals surface area (Å²) in [5, 5.41) is 21.4. The Bertz CT molecular complexity index is 288. The van der Waals surface area contributed by atoms with Crippen molar-refractivity contribution >= 4 is 5.69 Å². The number of hydrogen-bond donors (Lipinski definition) is 1. The average molecular weight is 175 g/mol. The first-order chi connectivity index (χ1) is 5.25. The fraction of sp³-hybridized carbons (Fsp3) is 0.143. The van der Waals surface area contributed by atoms with Crippen LogP contribution in [0.15, 0.2) is 29.5 Å². The number of para-hydroxylation sites is 1. The maximum absolute atomic E-state index is 10.7. The number of aryl methyl sites for hydroxylation is 1. The van der Waals surface area contributed by atoms with Gasteiger partial charge >= 0.3 is 29.6 Å². The van der Waals surface area contributed by atoms with E-state index in [4.69, 9.17) is 5.21 Å². The van der Waals surface area contributed by atoms with E-state index in [1.165, 1.54) is 0 Å².